The zero-order valence-electron chi connectivity index (χ0n) is 29.8. The van der Waals surface area contributed by atoms with Crippen molar-refractivity contribution in [2.45, 2.75) is 103 Å². The second kappa shape index (κ2) is 31.1. The van der Waals surface area contributed by atoms with Gasteiger partial charge >= 0.3 is 5.97 Å². The van der Waals surface area contributed by atoms with Gasteiger partial charge in [-0.05, 0) is 87.6 Å². The standard InChI is InChI=1S/C33H53N11O7/c1-37-18-14-16-27-28(33(47)51-41-30(46)17-15-22-45)26-29(48-23-11-5-2-8-19-38-42-34)32(50-25-13-7-4-10-21-40-44-36)31(27)49-24-12-6-3-9-20-39-43-35/h22,26,37H,2-21,23-25H2,1H3,(H,41,46). The Morgan fingerprint density at radius 1 is 0.725 bits per heavy atom. The van der Waals surface area contributed by atoms with Gasteiger partial charge in [0, 0.05) is 52.8 Å². The lowest BCUT2D eigenvalue weighted by Crippen LogP contribution is -2.27. The molecule has 0 aliphatic heterocycles. The summed E-state index contributed by atoms with van der Waals surface area (Å²) in [7, 11) is 1.83. The van der Waals surface area contributed by atoms with Gasteiger partial charge in [0.2, 0.25) is 5.75 Å². The van der Waals surface area contributed by atoms with Gasteiger partial charge in [-0.15, -0.1) is 0 Å². The number of azide groups is 3. The van der Waals surface area contributed by atoms with Gasteiger partial charge in [0.05, 0.1) is 25.4 Å². The maximum atomic E-state index is 13.5. The van der Waals surface area contributed by atoms with Gasteiger partial charge in [-0.1, -0.05) is 53.9 Å². The maximum absolute atomic E-state index is 13.5. The van der Waals surface area contributed by atoms with Crippen molar-refractivity contribution in [3.8, 4) is 17.2 Å². The lowest BCUT2D eigenvalue weighted by molar-refractivity contribution is -0.130. The topological polar surface area (TPSA) is 258 Å². The van der Waals surface area contributed by atoms with Crippen LogP contribution in [0.15, 0.2) is 21.4 Å². The first-order valence-corrected chi connectivity index (χ1v) is 17.7. The average Bonchev–Trinajstić information content (AvgIpc) is 3.13. The molecule has 1 aromatic rings. The molecule has 0 heterocycles. The number of hydroxylamine groups is 1. The maximum Gasteiger partial charge on any atom is 0.363 e. The predicted octanol–water partition coefficient (Wildman–Crippen LogP) is 7.75. The number of carbonyl (C=O) groups excluding carboxylic acids is 3. The Kier molecular flexibility index (Phi) is 26.9. The van der Waals surface area contributed by atoms with Crippen LogP contribution in [-0.4, -0.2) is 71.2 Å². The number of nitrogens with zero attached hydrogens (tertiary/aromatic N) is 9. The van der Waals surface area contributed by atoms with E-state index in [2.05, 4.69) is 40.9 Å². The molecule has 0 aliphatic carbocycles. The van der Waals surface area contributed by atoms with E-state index in [0.717, 1.165) is 64.2 Å². The molecule has 18 nitrogen and oxygen atoms in total. The van der Waals surface area contributed by atoms with E-state index >= 15 is 0 Å². The first kappa shape index (κ1) is 44.1. The van der Waals surface area contributed by atoms with E-state index in [9.17, 15) is 14.4 Å². The van der Waals surface area contributed by atoms with Crippen molar-refractivity contribution in [2.24, 2.45) is 15.3 Å². The highest BCUT2D eigenvalue weighted by atomic mass is 16.7. The number of hydrogen-bond donors (Lipinski definition) is 2. The number of benzene rings is 1. The predicted molar refractivity (Wildman–Crippen MR) is 191 cm³/mol. The van der Waals surface area contributed by atoms with Gasteiger partial charge in [0.15, 0.2) is 11.5 Å². The number of ether oxygens (including phenoxy) is 3. The lowest BCUT2D eigenvalue weighted by atomic mass is 9.99. The monoisotopic (exact) mass is 715 g/mol. The van der Waals surface area contributed by atoms with Crippen molar-refractivity contribution in [2.75, 3.05) is 53.0 Å². The molecule has 0 bridgehead atoms. The third kappa shape index (κ3) is 21.1. The van der Waals surface area contributed by atoms with Crippen LogP contribution in [0, 0.1) is 0 Å². The smallest absolute Gasteiger partial charge is 0.363 e. The highest BCUT2D eigenvalue weighted by molar-refractivity contribution is 5.94. The molecule has 1 amide bonds. The molecule has 2 N–H and O–H groups in total. The van der Waals surface area contributed by atoms with Gasteiger partial charge in [-0.2, -0.15) is 5.48 Å². The Morgan fingerprint density at radius 3 is 1.75 bits per heavy atom. The molecule has 1 rings (SSSR count). The molecule has 51 heavy (non-hydrogen) atoms. The summed E-state index contributed by atoms with van der Waals surface area (Å²) in [6.45, 7) is 2.95. The normalized spacial score (nSPS) is 10.2. The summed E-state index contributed by atoms with van der Waals surface area (Å²) in [5.74, 6) is -0.378. The molecule has 18 heteroatoms. The van der Waals surface area contributed by atoms with Crippen LogP contribution in [0.25, 0.3) is 31.3 Å². The second-order valence-electron chi connectivity index (χ2n) is 11.5. The highest BCUT2D eigenvalue weighted by Gasteiger charge is 2.27. The minimum atomic E-state index is -0.814. The van der Waals surface area contributed by atoms with Crippen LogP contribution in [0.5, 0.6) is 17.2 Å². The van der Waals surface area contributed by atoms with E-state index in [4.69, 9.17) is 35.6 Å². The summed E-state index contributed by atoms with van der Waals surface area (Å²) < 4.78 is 19.0. The van der Waals surface area contributed by atoms with E-state index in [1.165, 1.54) is 0 Å². The van der Waals surface area contributed by atoms with Gasteiger partial charge in [0.1, 0.15) is 6.29 Å². The molecule has 0 saturated heterocycles. The first-order chi connectivity index (χ1) is 25.0. The van der Waals surface area contributed by atoms with Gasteiger partial charge in [0.25, 0.3) is 5.91 Å². The summed E-state index contributed by atoms with van der Waals surface area (Å²) in [5.41, 5.74) is 28.3. The Morgan fingerprint density at radius 2 is 1.24 bits per heavy atom. The largest absolute Gasteiger partial charge is 0.490 e. The molecule has 0 unspecified atom stereocenters. The molecular weight excluding hydrogens is 662 g/mol. The van der Waals surface area contributed by atoms with Crippen LogP contribution >= 0.6 is 0 Å². The lowest BCUT2D eigenvalue weighted by Gasteiger charge is -2.22. The summed E-state index contributed by atoms with van der Waals surface area (Å²) in [6, 6.07) is 1.56. The van der Waals surface area contributed by atoms with Crippen LogP contribution in [0.2, 0.25) is 0 Å². The third-order valence-electron chi connectivity index (χ3n) is 7.52. The summed E-state index contributed by atoms with van der Waals surface area (Å²) in [6.07, 6.45) is 11.1. The Bertz CT molecular complexity index is 1310. The number of aldehydes is 1. The van der Waals surface area contributed by atoms with Crippen LogP contribution < -0.4 is 25.0 Å². The minimum absolute atomic E-state index is 0.00839. The number of rotatable bonds is 32. The number of hydrogen-bond acceptors (Lipinski definition) is 11. The zero-order valence-corrected chi connectivity index (χ0v) is 29.8. The fourth-order valence-corrected chi connectivity index (χ4v) is 4.90. The molecule has 0 spiro atoms. The van der Waals surface area contributed by atoms with E-state index in [-0.39, 0.29) is 18.4 Å². The summed E-state index contributed by atoms with van der Waals surface area (Å²) >= 11 is 0. The van der Waals surface area contributed by atoms with Gasteiger partial charge in [-0.25, -0.2) is 4.79 Å². The van der Waals surface area contributed by atoms with E-state index in [1.807, 2.05) is 7.05 Å². The van der Waals surface area contributed by atoms with Crippen LogP contribution in [0.4, 0.5) is 0 Å². The van der Waals surface area contributed by atoms with Gasteiger partial charge < -0.3 is 29.2 Å². The van der Waals surface area contributed by atoms with Crippen LogP contribution in [-0.2, 0) is 20.8 Å². The fraction of sp³-hybridized carbons (Fsp3) is 0.727. The molecule has 0 fully saturated rings. The molecule has 0 radical (unpaired) electrons. The fourth-order valence-electron chi connectivity index (χ4n) is 4.90. The summed E-state index contributed by atoms with van der Waals surface area (Å²) in [4.78, 5) is 49.9. The Hall–Kier alpha value is -4.88. The number of amides is 1. The molecular formula is C33H53N11O7. The Labute approximate surface area is 299 Å². The molecule has 1 aromatic carbocycles. The number of carbonyl (C=O) groups is 3. The van der Waals surface area contributed by atoms with E-state index < -0.39 is 11.9 Å². The second-order valence-corrected chi connectivity index (χ2v) is 11.5. The van der Waals surface area contributed by atoms with Crippen molar-refractivity contribution < 1.29 is 33.4 Å². The zero-order chi connectivity index (χ0) is 37.2. The SMILES string of the molecule is CNCCCc1c(C(=O)ONC(=O)CCC=O)cc(OCCCCCCN=[N+]=[N-])c(OCCCCCCN=[N+]=[N-])c1OCCCCCCN=[N+]=[N-]. The van der Waals surface area contributed by atoms with Crippen LogP contribution in [0.1, 0.15) is 112 Å². The van der Waals surface area contributed by atoms with Crippen molar-refractivity contribution >= 4 is 18.2 Å². The summed E-state index contributed by atoms with van der Waals surface area (Å²) in [5, 5.41) is 13.8. The Balaban J connectivity index is 3.42. The number of unbranched alkanes of at least 4 members (excludes halogenated alkanes) is 9. The van der Waals surface area contributed by atoms with Crippen molar-refractivity contribution in [1.82, 2.24) is 10.8 Å². The number of nitrogens with one attached hydrogen (secondary N) is 2. The van der Waals surface area contributed by atoms with Gasteiger partial charge in [-0.3, -0.25) is 4.79 Å². The van der Waals surface area contributed by atoms with E-state index in [0.29, 0.717) is 101 Å². The van der Waals surface area contributed by atoms with Crippen molar-refractivity contribution in [3.05, 3.63) is 48.5 Å². The highest BCUT2D eigenvalue weighted by Crippen LogP contribution is 2.44. The minimum Gasteiger partial charge on any atom is -0.490 e. The first-order valence-electron chi connectivity index (χ1n) is 17.7. The molecule has 0 atom stereocenters. The average molecular weight is 716 g/mol. The van der Waals surface area contributed by atoms with Crippen molar-refractivity contribution in [1.29, 1.82) is 0 Å². The molecule has 282 valence electrons. The quantitative estimate of drug-likeness (QED) is 0.0185. The van der Waals surface area contributed by atoms with Crippen molar-refractivity contribution in [3.63, 3.8) is 0 Å². The molecule has 0 aromatic heterocycles. The van der Waals surface area contributed by atoms with Crippen LogP contribution in [0.3, 0.4) is 0 Å². The van der Waals surface area contributed by atoms with E-state index in [1.54, 1.807) is 6.07 Å². The molecule has 0 saturated carbocycles. The third-order valence-corrected chi connectivity index (χ3v) is 7.52. The molecule has 0 aliphatic rings.